The fourth-order valence-corrected chi connectivity index (χ4v) is 1.85. The molecule has 0 atom stereocenters. The van der Waals surface area contributed by atoms with Crippen LogP contribution in [0.2, 0.25) is 0 Å². The van der Waals surface area contributed by atoms with Gasteiger partial charge in [0.25, 0.3) is 0 Å². The van der Waals surface area contributed by atoms with E-state index in [0.717, 1.165) is 24.0 Å². The van der Waals surface area contributed by atoms with Gasteiger partial charge in [-0.15, -0.1) is 0 Å². The van der Waals surface area contributed by atoms with Crippen molar-refractivity contribution in [2.45, 2.75) is 26.4 Å². The van der Waals surface area contributed by atoms with Crippen LogP contribution in [0, 0.1) is 11.8 Å². The van der Waals surface area contributed by atoms with Crippen LogP contribution in [0.25, 0.3) is 0 Å². The summed E-state index contributed by atoms with van der Waals surface area (Å²) >= 11 is 0. The topological polar surface area (TPSA) is 38.3 Å². The zero-order chi connectivity index (χ0) is 15.6. The smallest absolute Gasteiger partial charge is 0.411 e. The number of carbonyl (C=O) groups is 1. The number of para-hydroxylation sites is 1. The van der Waals surface area contributed by atoms with Crippen LogP contribution in [-0.2, 0) is 11.3 Å². The minimum Gasteiger partial charge on any atom is -0.444 e. The number of benzene rings is 2. The average molecular weight is 293 g/mol. The highest BCUT2D eigenvalue weighted by atomic mass is 16.5. The van der Waals surface area contributed by atoms with Gasteiger partial charge in [-0.1, -0.05) is 61.2 Å². The molecule has 0 fully saturated rings. The van der Waals surface area contributed by atoms with Gasteiger partial charge in [0.05, 0.1) is 5.69 Å². The summed E-state index contributed by atoms with van der Waals surface area (Å²) in [7, 11) is 0. The monoisotopic (exact) mass is 293 g/mol. The van der Waals surface area contributed by atoms with Crippen molar-refractivity contribution in [3.8, 4) is 11.8 Å². The Balaban J connectivity index is 1.95. The molecule has 22 heavy (non-hydrogen) atoms. The van der Waals surface area contributed by atoms with Gasteiger partial charge < -0.3 is 4.74 Å². The number of hydrogen-bond acceptors (Lipinski definition) is 2. The van der Waals surface area contributed by atoms with E-state index in [1.807, 2.05) is 54.6 Å². The largest absolute Gasteiger partial charge is 0.444 e. The first-order valence-corrected chi connectivity index (χ1v) is 7.35. The third-order valence-electron chi connectivity index (χ3n) is 2.97. The lowest BCUT2D eigenvalue weighted by Crippen LogP contribution is -2.14. The maximum Gasteiger partial charge on any atom is 0.411 e. The van der Waals surface area contributed by atoms with Gasteiger partial charge in [-0.05, 0) is 24.1 Å². The van der Waals surface area contributed by atoms with Crippen molar-refractivity contribution in [3.05, 3.63) is 65.7 Å². The molecule has 0 spiro atoms. The van der Waals surface area contributed by atoms with Gasteiger partial charge in [-0.25, -0.2) is 4.79 Å². The Morgan fingerprint density at radius 3 is 2.59 bits per heavy atom. The highest BCUT2D eigenvalue weighted by Gasteiger charge is 2.06. The maximum atomic E-state index is 11.9. The first-order valence-electron chi connectivity index (χ1n) is 7.35. The molecule has 0 radical (unpaired) electrons. The lowest BCUT2D eigenvalue weighted by atomic mass is 10.1. The van der Waals surface area contributed by atoms with Gasteiger partial charge in [0.1, 0.15) is 6.61 Å². The highest BCUT2D eigenvalue weighted by Crippen LogP contribution is 2.14. The van der Waals surface area contributed by atoms with Crippen molar-refractivity contribution in [1.82, 2.24) is 0 Å². The molecule has 0 unspecified atom stereocenters. The zero-order valence-corrected chi connectivity index (χ0v) is 12.6. The van der Waals surface area contributed by atoms with E-state index in [9.17, 15) is 4.79 Å². The fraction of sp³-hybridized carbons (Fsp3) is 0.211. The summed E-state index contributed by atoms with van der Waals surface area (Å²) in [6, 6.07) is 17.0. The van der Waals surface area contributed by atoms with Gasteiger partial charge in [-0.2, -0.15) is 0 Å². The normalized spacial score (nSPS) is 9.50. The van der Waals surface area contributed by atoms with E-state index in [1.54, 1.807) is 0 Å². The quantitative estimate of drug-likeness (QED) is 0.837. The third kappa shape index (κ3) is 4.99. The molecule has 0 aliphatic heterocycles. The van der Waals surface area contributed by atoms with E-state index >= 15 is 0 Å². The van der Waals surface area contributed by atoms with E-state index in [1.165, 1.54) is 0 Å². The van der Waals surface area contributed by atoms with Crippen LogP contribution in [0.5, 0.6) is 0 Å². The number of unbranched alkanes of at least 4 members (excludes halogenated alkanes) is 1. The summed E-state index contributed by atoms with van der Waals surface area (Å²) in [6.07, 6.45) is 1.38. The molecule has 0 aliphatic rings. The minimum absolute atomic E-state index is 0.246. The molecule has 0 aromatic heterocycles. The molecule has 2 rings (SSSR count). The lowest BCUT2D eigenvalue weighted by molar-refractivity contribution is 0.155. The van der Waals surface area contributed by atoms with Gasteiger partial charge >= 0.3 is 6.09 Å². The van der Waals surface area contributed by atoms with E-state index in [2.05, 4.69) is 24.1 Å². The fourth-order valence-electron chi connectivity index (χ4n) is 1.85. The molecule has 2 aromatic carbocycles. The van der Waals surface area contributed by atoms with E-state index in [4.69, 9.17) is 4.74 Å². The number of amides is 1. The second-order valence-electron chi connectivity index (χ2n) is 4.78. The Bertz CT molecular complexity index is 669. The summed E-state index contributed by atoms with van der Waals surface area (Å²) in [4.78, 5) is 11.9. The Kier molecular flexibility index (Phi) is 6.07. The van der Waals surface area contributed by atoms with Crippen molar-refractivity contribution < 1.29 is 9.53 Å². The zero-order valence-electron chi connectivity index (χ0n) is 12.6. The van der Waals surface area contributed by atoms with Crippen molar-refractivity contribution in [3.63, 3.8) is 0 Å². The molecule has 1 amide bonds. The summed E-state index contributed by atoms with van der Waals surface area (Å²) in [5, 5.41) is 2.74. The summed E-state index contributed by atoms with van der Waals surface area (Å²) in [6.45, 7) is 2.33. The molecule has 1 N–H and O–H groups in total. The van der Waals surface area contributed by atoms with Crippen molar-refractivity contribution >= 4 is 11.8 Å². The second-order valence-corrected chi connectivity index (χ2v) is 4.78. The van der Waals surface area contributed by atoms with Crippen LogP contribution in [0.15, 0.2) is 54.6 Å². The van der Waals surface area contributed by atoms with Crippen LogP contribution in [0.1, 0.15) is 30.9 Å². The molecule has 2 aromatic rings. The van der Waals surface area contributed by atoms with Crippen molar-refractivity contribution in [2.75, 3.05) is 5.32 Å². The summed E-state index contributed by atoms with van der Waals surface area (Å²) < 4.78 is 5.21. The molecule has 0 heterocycles. The first-order chi connectivity index (χ1) is 10.8. The molecule has 0 bridgehead atoms. The molecule has 0 aliphatic carbocycles. The number of hydrogen-bond donors (Lipinski definition) is 1. The van der Waals surface area contributed by atoms with Crippen LogP contribution in [0.4, 0.5) is 10.5 Å². The van der Waals surface area contributed by atoms with Crippen molar-refractivity contribution in [1.29, 1.82) is 0 Å². The lowest BCUT2D eigenvalue weighted by Gasteiger charge is -2.08. The highest BCUT2D eigenvalue weighted by molar-refractivity contribution is 5.86. The third-order valence-corrected chi connectivity index (χ3v) is 2.97. The number of anilines is 1. The van der Waals surface area contributed by atoms with Gasteiger partial charge in [0.15, 0.2) is 0 Å². The Hall–Kier alpha value is -2.73. The summed E-state index contributed by atoms with van der Waals surface area (Å²) in [5.41, 5.74) is 2.42. The predicted molar refractivity (Wildman–Crippen MR) is 88.5 cm³/mol. The Labute approximate surface area is 131 Å². The standard InChI is InChI=1S/C19H19NO2/c1-2-3-5-12-17-13-8-9-14-18(17)20-19(21)22-15-16-10-6-4-7-11-16/h4,6-11,13-14H,2-3,15H2,1H3,(H,20,21). The molecule has 3 heteroatoms. The molecular weight excluding hydrogens is 274 g/mol. The summed E-state index contributed by atoms with van der Waals surface area (Å²) in [5.74, 6) is 6.15. The van der Waals surface area contributed by atoms with Crippen LogP contribution >= 0.6 is 0 Å². The maximum absolute atomic E-state index is 11.9. The number of ether oxygens (including phenoxy) is 1. The van der Waals surface area contributed by atoms with Gasteiger partial charge in [0, 0.05) is 12.0 Å². The minimum atomic E-state index is -0.478. The number of rotatable bonds is 4. The number of carbonyl (C=O) groups excluding carboxylic acids is 1. The van der Waals surface area contributed by atoms with Crippen molar-refractivity contribution in [2.24, 2.45) is 0 Å². The Morgan fingerprint density at radius 1 is 1.09 bits per heavy atom. The van der Waals surface area contributed by atoms with E-state index in [-0.39, 0.29) is 6.61 Å². The van der Waals surface area contributed by atoms with E-state index < -0.39 is 6.09 Å². The molecule has 0 saturated heterocycles. The first kappa shape index (κ1) is 15.7. The SMILES string of the molecule is CCCC#Cc1ccccc1NC(=O)OCc1ccccc1. The van der Waals surface area contributed by atoms with Gasteiger partial charge in [0.2, 0.25) is 0 Å². The van der Waals surface area contributed by atoms with Crippen LogP contribution in [0.3, 0.4) is 0 Å². The van der Waals surface area contributed by atoms with Crippen LogP contribution < -0.4 is 5.32 Å². The molecule has 3 nitrogen and oxygen atoms in total. The van der Waals surface area contributed by atoms with E-state index in [0.29, 0.717) is 5.69 Å². The Morgan fingerprint density at radius 2 is 1.82 bits per heavy atom. The predicted octanol–water partition coefficient (Wildman–Crippen LogP) is 4.59. The number of nitrogens with one attached hydrogen (secondary N) is 1. The van der Waals surface area contributed by atoms with Gasteiger partial charge in [-0.3, -0.25) is 5.32 Å². The molecule has 0 saturated carbocycles. The molecule has 112 valence electrons. The van der Waals surface area contributed by atoms with Crippen LogP contribution in [-0.4, -0.2) is 6.09 Å². The average Bonchev–Trinajstić information content (AvgIpc) is 2.56. The second kappa shape index (κ2) is 8.53. The molecular formula is C19H19NO2.